The summed E-state index contributed by atoms with van der Waals surface area (Å²) in [6, 6.07) is 15.5. The van der Waals surface area contributed by atoms with Gasteiger partial charge in [-0.05, 0) is 18.2 Å². The molecule has 0 fully saturated rings. The van der Waals surface area contributed by atoms with E-state index in [-0.39, 0.29) is 19.0 Å². The maximum atomic E-state index is 12.9. The van der Waals surface area contributed by atoms with E-state index in [4.69, 9.17) is 4.74 Å². The zero-order valence-electron chi connectivity index (χ0n) is 14.6. The minimum atomic E-state index is -4.48. The average molecular weight is 387 g/mol. The second-order valence-corrected chi connectivity index (χ2v) is 6.36. The van der Waals surface area contributed by atoms with Gasteiger partial charge >= 0.3 is 6.18 Å². The first kappa shape index (κ1) is 18.1. The van der Waals surface area contributed by atoms with Crippen LogP contribution in [-0.2, 0) is 17.5 Å². The minimum Gasteiger partial charge on any atom is -0.457 e. The highest BCUT2D eigenvalue weighted by Gasteiger charge is 2.34. The maximum Gasteiger partial charge on any atom is 0.435 e. The molecule has 144 valence electrons. The number of hydrogen-bond donors (Lipinski definition) is 1. The van der Waals surface area contributed by atoms with Gasteiger partial charge in [-0.2, -0.15) is 18.3 Å². The van der Waals surface area contributed by atoms with Crippen LogP contribution in [-0.4, -0.2) is 22.2 Å². The highest BCUT2D eigenvalue weighted by atomic mass is 19.4. The normalized spacial score (nSPS) is 13.4. The number of fused-ring (bicyclic) bond motifs is 2. The van der Waals surface area contributed by atoms with Crippen molar-refractivity contribution in [1.82, 2.24) is 15.1 Å². The standard InChI is InChI=1S/C20H16F3N3O2/c21-20(22,23)17-9-11-26(25-17)12-10-24-19(27)18-13-5-1-3-7-15(13)28-16-8-4-2-6-14(16)18/h1-9,11,18H,10,12H2,(H,24,27). The van der Waals surface area contributed by atoms with Crippen LogP contribution < -0.4 is 10.1 Å². The van der Waals surface area contributed by atoms with Crippen LogP contribution >= 0.6 is 0 Å². The smallest absolute Gasteiger partial charge is 0.435 e. The molecule has 0 radical (unpaired) electrons. The van der Waals surface area contributed by atoms with Gasteiger partial charge in [-0.1, -0.05) is 36.4 Å². The van der Waals surface area contributed by atoms with E-state index in [0.29, 0.717) is 11.5 Å². The highest BCUT2D eigenvalue weighted by Crippen LogP contribution is 2.43. The van der Waals surface area contributed by atoms with Gasteiger partial charge in [0.2, 0.25) is 5.91 Å². The van der Waals surface area contributed by atoms with E-state index in [2.05, 4.69) is 10.4 Å². The van der Waals surface area contributed by atoms with Crippen LogP contribution in [0.5, 0.6) is 11.5 Å². The molecule has 1 N–H and O–H groups in total. The van der Waals surface area contributed by atoms with Gasteiger partial charge < -0.3 is 10.1 Å². The van der Waals surface area contributed by atoms with Gasteiger partial charge in [0.05, 0.1) is 12.5 Å². The van der Waals surface area contributed by atoms with Gasteiger partial charge in [0.25, 0.3) is 0 Å². The third kappa shape index (κ3) is 3.45. The van der Waals surface area contributed by atoms with Crippen LogP contribution in [0, 0.1) is 0 Å². The van der Waals surface area contributed by atoms with Crippen molar-refractivity contribution in [1.29, 1.82) is 0 Å². The van der Waals surface area contributed by atoms with E-state index < -0.39 is 17.8 Å². The van der Waals surface area contributed by atoms with E-state index in [9.17, 15) is 18.0 Å². The average Bonchev–Trinajstić information content (AvgIpc) is 3.15. The molecule has 0 bridgehead atoms. The summed E-state index contributed by atoms with van der Waals surface area (Å²) in [5.74, 6) is 0.433. The molecule has 0 saturated heterocycles. The molecule has 3 aromatic rings. The Hall–Kier alpha value is -3.29. The largest absolute Gasteiger partial charge is 0.457 e. The zero-order chi connectivity index (χ0) is 19.7. The van der Waals surface area contributed by atoms with Crippen LogP contribution in [0.3, 0.4) is 0 Å². The Balaban J connectivity index is 1.49. The number of amides is 1. The summed E-state index contributed by atoms with van der Waals surface area (Å²) in [5.41, 5.74) is 0.542. The molecule has 0 aliphatic carbocycles. The van der Waals surface area contributed by atoms with Crippen LogP contribution in [0.1, 0.15) is 22.7 Å². The third-order valence-electron chi connectivity index (χ3n) is 4.51. The minimum absolute atomic E-state index is 0.133. The van der Waals surface area contributed by atoms with Crippen molar-refractivity contribution in [2.24, 2.45) is 0 Å². The Morgan fingerprint density at radius 2 is 1.64 bits per heavy atom. The molecule has 1 aromatic heterocycles. The summed E-state index contributed by atoms with van der Waals surface area (Å²) >= 11 is 0. The molecule has 8 heteroatoms. The van der Waals surface area contributed by atoms with E-state index in [1.807, 2.05) is 36.4 Å². The number of aromatic nitrogens is 2. The number of benzene rings is 2. The van der Waals surface area contributed by atoms with Gasteiger partial charge in [0.15, 0.2) is 5.69 Å². The van der Waals surface area contributed by atoms with Gasteiger partial charge in [0, 0.05) is 23.9 Å². The number of carbonyl (C=O) groups is 1. The molecule has 0 atom stereocenters. The molecule has 1 aliphatic heterocycles. The Bertz CT molecular complexity index is 968. The molecule has 0 saturated carbocycles. The van der Waals surface area contributed by atoms with Crippen LogP contribution in [0.4, 0.5) is 13.2 Å². The van der Waals surface area contributed by atoms with Crippen LogP contribution in [0.15, 0.2) is 60.8 Å². The number of alkyl halides is 3. The first-order chi connectivity index (χ1) is 13.4. The van der Waals surface area contributed by atoms with Gasteiger partial charge in [0.1, 0.15) is 11.5 Å². The number of rotatable bonds is 4. The lowest BCUT2D eigenvalue weighted by Gasteiger charge is -2.27. The number of ether oxygens (including phenoxy) is 1. The van der Waals surface area contributed by atoms with E-state index in [1.54, 1.807) is 12.1 Å². The van der Waals surface area contributed by atoms with E-state index >= 15 is 0 Å². The van der Waals surface area contributed by atoms with Gasteiger partial charge in [-0.25, -0.2) is 0 Å². The second-order valence-electron chi connectivity index (χ2n) is 6.36. The lowest BCUT2D eigenvalue weighted by atomic mass is 9.87. The third-order valence-corrected chi connectivity index (χ3v) is 4.51. The van der Waals surface area contributed by atoms with E-state index in [1.165, 1.54) is 6.20 Å². The van der Waals surface area contributed by atoms with Gasteiger partial charge in [-0.15, -0.1) is 0 Å². The van der Waals surface area contributed by atoms with Crippen molar-refractivity contribution in [3.63, 3.8) is 0 Å². The van der Waals surface area contributed by atoms with Crippen molar-refractivity contribution in [3.8, 4) is 11.5 Å². The predicted molar refractivity (Wildman–Crippen MR) is 95.0 cm³/mol. The molecule has 28 heavy (non-hydrogen) atoms. The molecular formula is C20H16F3N3O2. The summed E-state index contributed by atoms with van der Waals surface area (Å²) in [6.45, 7) is 0.286. The van der Waals surface area contributed by atoms with Crippen molar-refractivity contribution in [2.75, 3.05) is 6.54 Å². The van der Waals surface area contributed by atoms with Crippen LogP contribution in [0.25, 0.3) is 0 Å². The summed E-state index contributed by atoms with van der Waals surface area (Å²) < 4.78 is 44.9. The number of nitrogens with one attached hydrogen (secondary N) is 1. The molecule has 2 heterocycles. The number of halogens is 3. The first-order valence-corrected chi connectivity index (χ1v) is 8.67. The topological polar surface area (TPSA) is 56.2 Å². The first-order valence-electron chi connectivity index (χ1n) is 8.67. The van der Waals surface area contributed by atoms with Crippen molar-refractivity contribution in [3.05, 3.63) is 77.6 Å². The Kier molecular flexibility index (Phi) is 4.54. The molecule has 1 aliphatic rings. The summed E-state index contributed by atoms with van der Waals surface area (Å²) in [6.07, 6.45) is -3.24. The zero-order valence-corrected chi connectivity index (χ0v) is 14.6. The van der Waals surface area contributed by atoms with Gasteiger partial charge in [-0.3, -0.25) is 9.48 Å². The lowest BCUT2D eigenvalue weighted by molar-refractivity contribution is -0.141. The van der Waals surface area contributed by atoms with Crippen molar-refractivity contribution in [2.45, 2.75) is 18.6 Å². The lowest BCUT2D eigenvalue weighted by Crippen LogP contribution is -2.33. The van der Waals surface area contributed by atoms with Crippen molar-refractivity contribution < 1.29 is 22.7 Å². The van der Waals surface area contributed by atoms with E-state index in [0.717, 1.165) is 21.9 Å². The number of para-hydroxylation sites is 2. The fourth-order valence-electron chi connectivity index (χ4n) is 3.23. The number of carbonyl (C=O) groups excluding carboxylic acids is 1. The molecule has 1 amide bonds. The fourth-order valence-corrected chi connectivity index (χ4v) is 3.23. The number of hydrogen-bond acceptors (Lipinski definition) is 3. The SMILES string of the molecule is O=C(NCCn1ccc(C(F)(F)F)n1)C1c2ccccc2Oc2ccccc21. The highest BCUT2D eigenvalue weighted by molar-refractivity contribution is 5.89. The second kappa shape index (κ2) is 7.03. The monoisotopic (exact) mass is 387 g/mol. The molecule has 0 spiro atoms. The Labute approximate surface area is 158 Å². The van der Waals surface area contributed by atoms with Crippen LogP contribution in [0.2, 0.25) is 0 Å². The maximum absolute atomic E-state index is 12.9. The Morgan fingerprint density at radius 3 is 2.21 bits per heavy atom. The Morgan fingerprint density at radius 1 is 1.04 bits per heavy atom. The summed E-state index contributed by atoms with van der Waals surface area (Å²) in [4.78, 5) is 12.9. The molecular weight excluding hydrogens is 371 g/mol. The quantitative estimate of drug-likeness (QED) is 0.737. The fraction of sp³-hybridized carbons (Fsp3) is 0.200. The van der Waals surface area contributed by atoms with Crippen molar-refractivity contribution >= 4 is 5.91 Å². The predicted octanol–water partition coefficient (Wildman–Crippen LogP) is 3.96. The summed E-state index contributed by atoms with van der Waals surface area (Å²) in [5, 5.41) is 6.28. The number of nitrogens with zero attached hydrogens (tertiary/aromatic N) is 2. The molecule has 5 nitrogen and oxygen atoms in total. The molecule has 4 rings (SSSR count). The summed E-state index contributed by atoms with van der Waals surface area (Å²) in [7, 11) is 0. The molecule has 0 unspecified atom stereocenters. The molecule has 2 aromatic carbocycles.